The van der Waals surface area contributed by atoms with Crippen molar-refractivity contribution in [3.8, 4) is 5.75 Å². The van der Waals surface area contributed by atoms with Crippen LogP contribution in [0.25, 0.3) is 0 Å². The first-order chi connectivity index (χ1) is 7.04. The summed E-state index contributed by atoms with van der Waals surface area (Å²) in [6, 6.07) is 3.33. The van der Waals surface area contributed by atoms with E-state index in [0.29, 0.717) is 0 Å². The van der Waals surface area contributed by atoms with E-state index in [1.54, 1.807) is 0 Å². The molecule has 1 rings (SSSR count). The Morgan fingerprint density at radius 1 is 1.47 bits per heavy atom. The Balaban J connectivity index is 3.02. The lowest BCUT2D eigenvalue weighted by Gasteiger charge is -2.05. The molecule has 1 N–H and O–H groups in total. The molecule has 0 saturated carbocycles. The molecule has 0 spiro atoms. The van der Waals surface area contributed by atoms with Crippen LogP contribution in [0.3, 0.4) is 0 Å². The van der Waals surface area contributed by atoms with Gasteiger partial charge in [-0.2, -0.15) is 0 Å². The number of hydrogen-bond donors (Lipinski definition) is 1. The molecule has 0 fully saturated rings. The van der Waals surface area contributed by atoms with Gasteiger partial charge in [-0.15, -0.1) is 0 Å². The predicted molar refractivity (Wildman–Crippen MR) is 49.5 cm³/mol. The molecule has 0 atom stereocenters. The minimum Gasteiger partial charge on any atom is -0.496 e. The molecule has 0 amide bonds. The summed E-state index contributed by atoms with van der Waals surface area (Å²) >= 11 is 0. The van der Waals surface area contributed by atoms with Crippen molar-refractivity contribution in [3.05, 3.63) is 29.6 Å². The van der Waals surface area contributed by atoms with E-state index in [0.717, 1.165) is 12.1 Å². The Bertz CT molecular complexity index is 400. The smallest absolute Gasteiger partial charge is 0.311 e. The highest BCUT2D eigenvalue weighted by atomic mass is 19.1. The van der Waals surface area contributed by atoms with E-state index in [-0.39, 0.29) is 11.3 Å². The number of Topliss-reactive ketones (excluding diaryl/α,β-unsaturated/α-hetero) is 1. The van der Waals surface area contributed by atoms with E-state index in [9.17, 15) is 14.0 Å². The minimum atomic E-state index is -1.23. The second kappa shape index (κ2) is 4.54. The van der Waals surface area contributed by atoms with Crippen LogP contribution < -0.4 is 4.74 Å². The minimum absolute atomic E-state index is 0.0428. The molecule has 1 aromatic carbocycles. The van der Waals surface area contributed by atoms with Gasteiger partial charge in [-0.1, -0.05) is 0 Å². The van der Waals surface area contributed by atoms with Gasteiger partial charge in [0.25, 0.3) is 0 Å². The second-order valence-corrected chi connectivity index (χ2v) is 2.84. The first-order valence-electron chi connectivity index (χ1n) is 4.13. The number of rotatable bonds is 4. The number of carbonyl (C=O) groups excluding carboxylic acids is 1. The fraction of sp³-hybridized carbons (Fsp3) is 0.200. The Morgan fingerprint density at radius 2 is 2.13 bits per heavy atom. The molecular formula is C10H9FO4. The maximum Gasteiger partial charge on any atom is 0.311 e. The Hall–Kier alpha value is -1.91. The maximum absolute atomic E-state index is 12.8. The van der Waals surface area contributed by atoms with Gasteiger partial charge in [0.05, 0.1) is 12.7 Å². The van der Waals surface area contributed by atoms with E-state index in [2.05, 4.69) is 0 Å². The first kappa shape index (κ1) is 11.2. The quantitative estimate of drug-likeness (QED) is 0.606. The summed E-state index contributed by atoms with van der Waals surface area (Å²) in [5.41, 5.74) is 0.0706. The zero-order chi connectivity index (χ0) is 11.4. The molecule has 0 aliphatic heterocycles. The summed E-state index contributed by atoms with van der Waals surface area (Å²) < 4.78 is 17.5. The molecule has 0 saturated heterocycles. The van der Waals surface area contributed by atoms with Crippen molar-refractivity contribution in [1.29, 1.82) is 0 Å². The summed E-state index contributed by atoms with van der Waals surface area (Å²) in [5.74, 6) is -2.34. The van der Waals surface area contributed by atoms with E-state index in [1.807, 2.05) is 0 Å². The van der Waals surface area contributed by atoms with Crippen LogP contribution in [0.5, 0.6) is 5.75 Å². The summed E-state index contributed by atoms with van der Waals surface area (Å²) in [6.45, 7) is 0. The van der Waals surface area contributed by atoms with Gasteiger partial charge in [0.2, 0.25) is 0 Å². The number of aliphatic carboxylic acids is 1. The van der Waals surface area contributed by atoms with Crippen LogP contribution in [0, 0.1) is 5.82 Å². The summed E-state index contributed by atoms with van der Waals surface area (Å²) in [4.78, 5) is 21.7. The highest BCUT2D eigenvalue weighted by molar-refractivity contribution is 6.07. The summed E-state index contributed by atoms with van der Waals surface area (Å²) in [7, 11) is 1.28. The van der Waals surface area contributed by atoms with Crippen LogP contribution in [0.2, 0.25) is 0 Å². The lowest BCUT2D eigenvalue weighted by atomic mass is 10.1. The molecule has 0 aliphatic rings. The lowest BCUT2D eigenvalue weighted by Crippen LogP contribution is -2.08. The highest BCUT2D eigenvalue weighted by Crippen LogP contribution is 2.20. The van der Waals surface area contributed by atoms with Gasteiger partial charge in [0, 0.05) is 6.07 Å². The number of halogens is 1. The second-order valence-electron chi connectivity index (χ2n) is 2.84. The number of hydrogen-bond acceptors (Lipinski definition) is 3. The van der Waals surface area contributed by atoms with Gasteiger partial charge in [0.15, 0.2) is 5.78 Å². The fourth-order valence-electron chi connectivity index (χ4n) is 1.13. The Morgan fingerprint density at radius 3 is 2.67 bits per heavy atom. The topological polar surface area (TPSA) is 63.6 Å². The molecular weight excluding hydrogens is 203 g/mol. The highest BCUT2D eigenvalue weighted by Gasteiger charge is 2.15. The van der Waals surface area contributed by atoms with Crippen molar-refractivity contribution in [2.24, 2.45) is 0 Å². The van der Waals surface area contributed by atoms with Gasteiger partial charge in [-0.3, -0.25) is 9.59 Å². The first-order valence-corrected chi connectivity index (χ1v) is 4.13. The van der Waals surface area contributed by atoms with Crippen molar-refractivity contribution in [3.63, 3.8) is 0 Å². The van der Waals surface area contributed by atoms with Crippen LogP contribution in [0.15, 0.2) is 18.2 Å². The number of ketones is 1. The van der Waals surface area contributed by atoms with Crippen molar-refractivity contribution in [1.82, 2.24) is 0 Å². The van der Waals surface area contributed by atoms with E-state index >= 15 is 0 Å². The SMILES string of the molecule is COc1cc(F)ccc1C(=O)CC(=O)O. The van der Waals surface area contributed by atoms with Crippen molar-refractivity contribution < 1.29 is 23.8 Å². The number of carbonyl (C=O) groups is 2. The number of benzene rings is 1. The third kappa shape index (κ3) is 2.77. The van der Waals surface area contributed by atoms with Crippen LogP contribution in [0.4, 0.5) is 4.39 Å². The van der Waals surface area contributed by atoms with Crippen LogP contribution >= 0.6 is 0 Å². The molecule has 0 unspecified atom stereocenters. The number of carboxylic acids is 1. The molecule has 0 heterocycles. The van der Waals surface area contributed by atoms with Crippen molar-refractivity contribution >= 4 is 11.8 Å². The summed E-state index contributed by atoms with van der Waals surface area (Å²) in [6.07, 6.45) is -0.637. The number of methoxy groups -OCH3 is 1. The van der Waals surface area contributed by atoms with E-state index < -0.39 is 24.0 Å². The third-order valence-corrected chi connectivity index (χ3v) is 1.78. The maximum atomic E-state index is 12.8. The van der Waals surface area contributed by atoms with Gasteiger partial charge >= 0.3 is 5.97 Å². The Kier molecular flexibility index (Phi) is 3.38. The van der Waals surface area contributed by atoms with Gasteiger partial charge in [-0.05, 0) is 12.1 Å². The van der Waals surface area contributed by atoms with Gasteiger partial charge in [0.1, 0.15) is 18.0 Å². The molecule has 80 valence electrons. The largest absolute Gasteiger partial charge is 0.496 e. The Labute approximate surface area is 85.3 Å². The molecule has 0 aliphatic carbocycles. The van der Waals surface area contributed by atoms with Gasteiger partial charge < -0.3 is 9.84 Å². The van der Waals surface area contributed by atoms with E-state index in [4.69, 9.17) is 9.84 Å². The standard InChI is InChI=1S/C10H9FO4/c1-15-9-4-6(11)2-3-7(9)8(12)5-10(13)14/h2-4H,5H2,1H3,(H,13,14). The zero-order valence-electron chi connectivity index (χ0n) is 7.99. The van der Waals surface area contributed by atoms with Crippen LogP contribution in [-0.2, 0) is 4.79 Å². The van der Waals surface area contributed by atoms with E-state index in [1.165, 1.54) is 13.2 Å². The van der Waals surface area contributed by atoms with Crippen LogP contribution in [0.1, 0.15) is 16.8 Å². The normalized spacial score (nSPS) is 9.73. The van der Waals surface area contributed by atoms with Crippen molar-refractivity contribution in [2.75, 3.05) is 7.11 Å². The average Bonchev–Trinajstić information content (AvgIpc) is 2.16. The van der Waals surface area contributed by atoms with Gasteiger partial charge in [-0.25, -0.2) is 4.39 Å². The molecule has 5 heteroatoms. The molecule has 0 bridgehead atoms. The number of carboxylic acid groups (broad SMARTS) is 1. The number of ether oxygens (including phenoxy) is 1. The molecule has 4 nitrogen and oxygen atoms in total. The molecule has 1 aromatic rings. The molecule has 0 radical (unpaired) electrons. The molecule has 0 aromatic heterocycles. The molecule has 15 heavy (non-hydrogen) atoms. The van der Waals surface area contributed by atoms with Crippen molar-refractivity contribution in [2.45, 2.75) is 6.42 Å². The fourth-order valence-corrected chi connectivity index (χ4v) is 1.13. The lowest BCUT2D eigenvalue weighted by molar-refractivity contribution is -0.135. The third-order valence-electron chi connectivity index (χ3n) is 1.78. The average molecular weight is 212 g/mol. The monoisotopic (exact) mass is 212 g/mol. The predicted octanol–water partition coefficient (Wildman–Crippen LogP) is 1.49. The van der Waals surface area contributed by atoms with Crippen LogP contribution in [-0.4, -0.2) is 24.0 Å². The summed E-state index contributed by atoms with van der Waals surface area (Å²) in [5, 5.41) is 8.43. The zero-order valence-corrected chi connectivity index (χ0v) is 7.99.